The number of hydrogen-bond donors (Lipinski definition) is 1. The summed E-state index contributed by atoms with van der Waals surface area (Å²) in [6, 6.07) is 12.0. The van der Waals surface area contributed by atoms with Crippen molar-refractivity contribution in [2.45, 2.75) is 20.0 Å². The predicted octanol–water partition coefficient (Wildman–Crippen LogP) is 3.40. The van der Waals surface area contributed by atoms with Gasteiger partial charge in [0.25, 0.3) is 0 Å². The first-order valence-corrected chi connectivity index (χ1v) is 7.93. The summed E-state index contributed by atoms with van der Waals surface area (Å²) in [7, 11) is 4.84. The van der Waals surface area contributed by atoms with E-state index in [9.17, 15) is 0 Å². The zero-order valence-electron chi connectivity index (χ0n) is 14.7. The maximum atomic E-state index is 5.52. The van der Waals surface area contributed by atoms with Crippen molar-refractivity contribution in [1.82, 2.24) is 5.32 Å². The summed E-state index contributed by atoms with van der Waals surface area (Å²) in [5.41, 5.74) is 2.24. The number of benzene rings is 2. The molecule has 0 aliphatic carbocycles. The summed E-state index contributed by atoms with van der Waals surface area (Å²) >= 11 is 0. The van der Waals surface area contributed by atoms with E-state index in [0.717, 1.165) is 17.9 Å². The maximum absolute atomic E-state index is 5.52. The van der Waals surface area contributed by atoms with E-state index in [1.807, 2.05) is 37.3 Å². The van der Waals surface area contributed by atoms with Gasteiger partial charge < -0.3 is 24.3 Å². The van der Waals surface area contributed by atoms with Gasteiger partial charge in [0.1, 0.15) is 5.75 Å². The average molecular weight is 331 g/mol. The molecule has 0 saturated heterocycles. The molecular formula is C19H25NO4. The molecule has 0 spiro atoms. The monoisotopic (exact) mass is 331 g/mol. The van der Waals surface area contributed by atoms with Gasteiger partial charge in [-0.3, -0.25) is 0 Å². The summed E-state index contributed by atoms with van der Waals surface area (Å²) < 4.78 is 21.6. The Balaban J connectivity index is 2.02. The Morgan fingerprint density at radius 2 is 1.50 bits per heavy atom. The molecule has 0 aliphatic heterocycles. The largest absolute Gasteiger partial charge is 0.494 e. The number of nitrogens with one attached hydrogen (secondary N) is 1. The van der Waals surface area contributed by atoms with E-state index in [0.29, 0.717) is 30.4 Å². The quantitative estimate of drug-likeness (QED) is 0.763. The number of hydrogen-bond acceptors (Lipinski definition) is 5. The van der Waals surface area contributed by atoms with Crippen molar-refractivity contribution in [1.29, 1.82) is 0 Å². The van der Waals surface area contributed by atoms with Crippen molar-refractivity contribution < 1.29 is 18.9 Å². The second-order valence-electron chi connectivity index (χ2n) is 5.22. The third-order valence-electron chi connectivity index (χ3n) is 3.59. The van der Waals surface area contributed by atoms with Crippen LogP contribution in [0.5, 0.6) is 23.0 Å². The van der Waals surface area contributed by atoms with Crippen LogP contribution in [0.2, 0.25) is 0 Å². The van der Waals surface area contributed by atoms with Crippen LogP contribution in [0.4, 0.5) is 0 Å². The lowest BCUT2D eigenvalue weighted by Crippen LogP contribution is -2.13. The van der Waals surface area contributed by atoms with Gasteiger partial charge in [-0.25, -0.2) is 0 Å². The Hall–Kier alpha value is -2.40. The Morgan fingerprint density at radius 3 is 2.08 bits per heavy atom. The molecular weight excluding hydrogens is 306 g/mol. The first kappa shape index (κ1) is 17.9. The minimum Gasteiger partial charge on any atom is -0.494 e. The summed E-state index contributed by atoms with van der Waals surface area (Å²) in [4.78, 5) is 0. The summed E-state index contributed by atoms with van der Waals surface area (Å²) in [5, 5.41) is 3.42. The van der Waals surface area contributed by atoms with Crippen LogP contribution in [0.3, 0.4) is 0 Å². The summed E-state index contributed by atoms with van der Waals surface area (Å²) in [5.74, 6) is 2.82. The van der Waals surface area contributed by atoms with E-state index in [2.05, 4.69) is 11.4 Å². The molecule has 2 rings (SSSR count). The minimum absolute atomic E-state index is 0.605. The zero-order valence-corrected chi connectivity index (χ0v) is 14.7. The van der Waals surface area contributed by atoms with Gasteiger partial charge in [0.15, 0.2) is 11.5 Å². The first-order chi connectivity index (χ1) is 11.7. The third-order valence-corrected chi connectivity index (χ3v) is 3.59. The molecule has 0 bridgehead atoms. The van der Waals surface area contributed by atoms with Gasteiger partial charge in [0, 0.05) is 13.1 Å². The molecule has 0 saturated carbocycles. The highest BCUT2D eigenvalue weighted by Gasteiger charge is 2.12. The normalized spacial score (nSPS) is 10.3. The standard InChI is InChI=1S/C19H25NO4/c1-5-24-16-8-6-7-14(9-16)12-20-13-15-10-17(21-2)19(23-4)18(11-15)22-3/h6-11,20H,5,12-13H2,1-4H3. The molecule has 24 heavy (non-hydrogen) atoms. The molecule has 0 amide bonds. The van der Waals surface area contributed by atoms with E-state index in [1.54, 1.807) is 21.3 Å². The Morgan fingerprint density at radius 1 is 0.833 bits per heavy atom. The van der Waals surface area contributed by atoms with Crippen LogP contribution in [-0.4, -0.2) is 27.9 Å². The van der Waals surface area contributed by atoms with E-state index < -0.39 is 0 Å². The lowest BCUT2D eigenvalue weighted by Gasteiger charge is -2.14. The van der Waals surface area contributed by atoms with E-state index in [-0.39, 0.29) is 0 Å². The Kier molecular flexibility index (Phi) is 6.75. The molecule has 0 fully saturated rings. The van der Waals surface area contributed by atoms with Gasteiger partial charge in [-0.05, 0) is 42.3 Å². The van der Waals surface area contributed by atoms with Crippen molar-refractivity contribution in [3.05, 3.63) is 47.5 Å². The number of rotatable bonds is 9. The fourth-order valence-corrected chi connectivity index (χ4v) is 2.50. The molecule has 0 atom stereocenters. The molecule has 2 aromatic rings. The fourth-order valence-electron chi connectivity index (χ4n) is 2.50. The molecule has 0 aliphatic rings. The van der Waals surface area contributed by atoms with Crippen LogP contribution in [-0.2, 0) is 13.1 Å². The van der Waals surface area contributed by atoms with Gasteiger partial charge in [-0.2, -0.15) is 0 Å². The Labute approximate surface area is 143 Å². The van der Waals surface area contributed by atoms with Crippen LogP contribution in [0.15, 0.2) is 36.4 Å². The average Bonchev–Trinajstić information content (AvgIpc) is 2.61. The smallest absolute Gasteiger partial charge is 0.203 e. The highest BCUT2D eigenvalue weighted by Crippen LogP contribution is 2.38. The number of ether oxygens (including phenoxy) is 4. The maximum Gasteiger partial charge on any atom is 0.203 e. The van der Waals surface area contributed by atoms with Gasteiger partial charge in [-0.15, -0.1) is 0 Å². The van der Waals surface area contributed by atoms with Gasteiger partial charge in [-0.1, -0.05) is 12.1 Å². The molecule has 5 heteroatoms. The van der Waals surface area contributed by atoms with Crippen LogP contribution in [0.25, 0.3) is 0 Å². The van der Waals surface area contributed by atoms with Gasteiger partial charge >= 0.3 is 0 Å². The minimum atomic E-state index is 0.605. The van der Waals surface area contributed by atoms with E-state index >= 15 is 0 Å². The second-order valence-corrected chi connectivity index (χ2v) is 5.22. The van der Waals surface area contributed by atoms with Crippen LogP contribution < -0.4 is 24.3 Å². The van der Waals surface area contributed by atoms with Crippen molar-refractivity contribution >= 4 is 0 Å². The first-order valence-electron chi connectivity index (χ1n) is 7.93. The van der Waals surface area contributed by atoms with Crippen LogP contribution in [0, 0.1) is 0 Å². The topological polar surface area (TPSA) is 49.0 Å². The van der Waals surface area contributed by atoms with Crippen molar-refractivity contribution in [2.24, 2.45) is 0 Å². The Bertz CT molecular complexity index is 633. The number of methoxy groups -OCH3 is 3. The van der Waals surface area contributed by atoms with Crippen molar-refractivity contribution in [3.63, 3.8) is 0 Å². The summed E-state index contributed by atoms with van der Waals surface area (Å²) in [6.45, 7) is 4.09. The molecule has 0 aromatic heterocycles. The van der Waals surface area contributed by atoms with Crippen LogP contribution >= 0.6 is 0 Å². The molecule has 1 N–H and O–H groups in total. The van der Waals surface area contributed by atoms with E-state index in [4.69, 9.17) is 18.9 Å². The highest BCUT2D eigenvalue weighted by atomic mass is 16.5. The molecule has 0 unspecified atom stereocenters. The molecule has 0 radical (unpaired) electrons. The molecule has 130 valence electrons. The van der Waals surface area contributed by atoms with Gasteiger partial charge in [0.2, 0.25) is 5.75 Å². The van der Waals surface area contributed by atoms with E-state index in [1.165, 1.54) is 5.56 Å². The highest BCUT2D eigenvalue weighted by molar-refractivity contribution is 5.53. The van der Waals surface area contributed by atoms with Crippen LogP contribution in [0.1, 0.15) is 18.1 Å². The molecule has 0 heterocycles. The SMILES string of the molecule is CCOc1cccc(CNCc2cc(OC)c(OC)c(OC)c2)c1. The zero-order chi connectivity index (χ0) is 17.4. The van der Waals surface area contributed by atoms with Gasteiger partial charge in [0.05, 0.1) is 27.9 Å². The molecule has 2 aromatic carbocycles. The fraction of sp³-hybridized carbons (Fsp3) is 0.368. The van der Waals surface area contributed by atoms with Crippen molar-refractivity contribution in [2.75, 3.05) is 27.9 Å². The predicted molar refractivity (Wildman–Crippen MR) is 94.3 cm³/mol. The molecule has 5 nitrogen and oxygen atoms in total. The lowest BCUT2D eigenvalue weighted by molar-refractivity contribution is 0.323. The summed E-state index contributed by atoms with van der Waals surface area (Å²) in [6.07, 6.45) is 0. The lowest BCUT2D eigenvalue weighted by atomic mass is 10.1. The third kappa shape index (κ3) is 4.55. The second kappa shape index (κ2) is 9.03. The van der Waals surface area contributed by atoms with Crippen molar-refractivity contribution in [3.8, 4) is 23.0 Å².